The highest BCUT2D eigenvalue weighted by molar-refractivity contribution is 7.91. The number of hydrogen-bond donors (Lipinski definition) is 6. The molecule has 44 heavy (non-hydrogen) atoms. The Hall–Kier alpha value is -3.33. The number of carbonyl (C=O) groups is 2. The van der Waals surface area contributed by atoms with Crippen LogP contribution in [0.15, 0.2) is 24.4 Å². The Morgan fingerprint density at radius 1 is 1.25 bits per heavy atom. The van der Waals surface area contributed by atoms with Crippen molar-refractivity contribution in [2.75, 3.05) is 31.2 Å². The predicted molar refractivity (Wildman–Crippen MR) is 143 cm³/mol. The van der Waals surface area contributed by atoms with Crippen LogP contribution in [0.1, 0.15) is 31.0 Å². The monoisotopic (exact) mass is 649 g/mol. The van der Waals surface area contributed by atoms with Gasteiger partial charge in [-0.3, -0.25) is 9.69 Å². The largest absolute Gasteiger partial charge is 0.476 e. The van der Waals surface area contributed by atoms with E-state index in [1.165, 1.54) is 16.9 Å². The molecule has 19 heteroatoms. The molecule has 6 atom stereocenters. The van der Waals surface area contributed by atoms with Crippen LogP contribution in [0.3, 0.4) is 0 Å². The Morgan fingerprint density at radius 3 is 2.52 bits per heavy atom. The SMILES string of the molecule is CC(=O)N[C@H]1[C@H]([C@H](O)[C@H](O)CO)O[C@@](Oc2ccc(-n3cc(CN4CCS(=O)(=O)CC4)nn3)cc2C(F)F)(C(=O)O)C[C@@H]1O. The number of aliphatic hydroxyl groups excluding tert-OH is 4. The number of benzene rings is 1. The Morgan fingerprint density at radius 2 is 1.93 bits per heavy atom. The summed E-state index contributed by atoms with van der Waals surface area (Å²) >= 11 is 0. The summed E-state index contributed by atoms with van der Waals surface area (Å²) in [5, 5.41) is 60.9. The first-order chi connectivity index (χ1) is 20.6. The molecule has 6 N–H and O–H groups in total. The van der Waals surface area contributed by atoms with E-state index in [0.29, 0.717) is 18.8 Å². The van der Waals surface area contributed by atoms with E-state index in [1.807, 2.05) is 4.90 Å². The molecule has 2 aromatic rings. The Kier molecular flexibility index (Phi) is 10.2. The first-order valence-corrected chi connectivity index (χ1v) is 15.3. The van der Waals surface area contributed by atoms with Gasteiger partial charge in [-0.25, -0.2) is 26.7 Å². The quantitative estimate of drug-likeness (QED) is 0.154. The van der Waals surface area contributed by atoms with E-state index in [2.05, 4.69) is 15.6 Å². The van der Waals surface area contributed by atoms with Crippen LogP contribution in [0, 0.1) is 0 Å². The van der Waals surface area contributed by atoms with Crippen LogP contribution in [-0.4, -0.2) is 133 Å². The van der Waals surface area contributed by atoms with Crippen LogP contribution in [0.2, 0.25) is 0 Å². The molecule has 1 amide bonds. The van der Waals surface area contributed by atoms with Crippen molar-refractivity contribution in [1.29, 1.82) is 0 Å². The molecule has 2 fully saturated rings. The number of ether oxygens (including phenoxy) is 2. The number of hydrogen-bond acceptors (Lipinski definition) is 13. The van der Waals surface area contributed by atoms with Crippen molar-refractivity contribution < 1.29 is 61.8 Å². The van der Waals surface area contributed by atoms with Gasteiger partial charge in [0.1, 0.15) is 24.1 Å². The number of carbonyl (C=O) groups excluding carboxylic acids is 1. The molecule has 0 bridgehead atoms. The average Bonchev–Trinajstić information content (AvgIpc) is 3.43. The lowest BCUT2D eigenvalue weighted by Crippen LogP contribution is -2.68. The zero-order valence-corrected chi connectivity index (χ0v) is 24.2. The maximum atomic E-state index is 14.3. The van der Waals surface area contributed by atoms with E-state index in [9.17, 15) is 52.3 Å². The molecule has 0 aliphatic carbocycles. The van der Waals surface area contributed by atoms with Crippen LogP contribution in [0.4, 0.5) is 8.78 Å². The highest BCUT2D eigenvalue weighted by Gasteiger charge is 2.57. The fourth-order valence-corrected chi connectivity index (χ4v) is 6.26. The summed E-state index contributed by atoms with van der Waals surface area (Å²) in [5.41, 5.74) is -0.233. The standard InChI is InChI=1S/C25H33F2N5O11S/c1-13(34)28-20-17(35)9-25(24(38)39,43-22(20)21(37)18(36)12-33)42-19-3-2-15(8-16(19)23(26)27)32-11-14(29-30-32)10-31-4-6-44(40,41)7-5-31/h2-3,8,11,17-18,20-23,33,35-37H,4-7,9-10,12H2,1H3,(H,28,34)(H,38,39)/t17-,18+,20+,21+,22+,25+/m0/s1. The van der Waals surface area contributed by atoms with E-state index in [0.717, 1.165) is 19.1 Å². The lowest BCUT2D eigenvalue weighted by Gasteiger charge is -2.46. The topological polar surface area (TPSA) is 234 Å². The molecular formula is C25H33F2N5O11S. The van der Waals surface area contributed by atoms with E-state index in [1.54, 1.807) is 0 Å². The number of aliphatic carboxylic acids is 1. The molecule has 3 heterocycles. The van der Waals surface area contributed by atoms with Crippen molar-refractivity contribution in [3.8, 4) is 11.4 Å². The third-order valence-electron chi connectivity index (χ3n) is 7.32. The minimum Gasteiger partial charge on any atom is -0.476 e. The third-order valence-corrected chi connectivity index (χ3v) is 8.93. The number of aliphatic hydroxyl groups is 4. The Balaban J connectivity index is 1.60. The first kappa shape index (κ1) is 33.6. The molecule has 0 spiro atoms. The molecular weight excluding hydrogens is 616 g/mol. The summed E-state index contributed by atoms with van der Waals surface area (Å²) in [5.74, 6) is -6.08. The summed E-state index contributed by atoms with van der Waals surface area (Å²) in [7, 11) is -3.08. The molecule has 16 nitrogen and oxygen atoms in total. The Labute approximate surface area is 249 Å². The first-order valence-electron chi connectivity index (χ1n) is 13.4. The number of rotatable bonds is 11. The van der Waals surface area contributed by atoms with E-state index >= 15 is 0 Å². The van der Waals surface area contributed by atoms with Crippen LogP contribution in [0.5, 0.6) is 5.75 Å². The summed E-state index contributed by atoms with van der Waals surface area (Å²) in [6.07, 6.45) is -10.2. The second-order valence-corrected chi connectivity index (χ2v) is 12.9. The number of nitrogens with zero attached hydrogens (tertiary/aromatic N) is 4. The normalized spacial score (nSPS) is 27.0. The smallest absolute Gasteiger partial charge is 0.377 e. The molecule has 1 aromatic heterocycles. The number of nitrogens with one attached hydrogen (secondary N) is 1. The lowest BCUT2D eigenvalue weighted by atomic mass is 9.88. The number of carboxylic acid groups (broad SMARTS) is 1. The predicted octanol–water partition coefficient (Wildman–Crippen LogP) is -2.04. The van der Waals surface area contributed by atoms with Gasteiger partial charge in [-0.1, -0.05) is 5.21 Å². The maximum absolute atomic E-state index is 14.3. The number of amides is 1. The van der Waals surface area contributed by atoms with Gasteiger partial charge >= 0.3 is 11.8 Å². The van der Waals surface area contributed by atoms with Gasteiger partial charge in [-0.2, -0.15) is 0 Å². The van der Waals surface area contributed by atoms with Gasteiger partial charge in [0.2, 0.25) is 5.91 Å². The van der Waals surface area contributed by atoms with Gasteiger partial charge < -0.3 is 40.3 Å². The van der Waals surface area contributed by atoms with Gasteiger partial charge in [0, 0.05) is 26.6 Å². The van der Waals surface area contributed by atoms with Crippen molar-refractivity contribution in [1.82, 2.24) is 25.2 Å². The molecule has 0 unspecified atom stereocenters. The fourth-order valence-electron chi connectivity index (χ4n) is 4.99. The van der Waals surface area contributed by atoms with Crippen molar-refractivity contribution in [2.24, 2.45) is 0 Å². The summed E-state index contributed by atoms with van der Waals surface area (Å²) in [6.45, 7) is 0.966. The fraction of sp³-hybridized carbons (Fsp3) is 0.600. The van der Waals surface area contributed by atoms with Crippen molar-refractivity contribution in [3.63, 3.8) is 0 Å². The van der Waals surface area contributed by atoms with Gasteiger partial charge in [-0.05, 0) is 18.2 Å². The van der Waals surface area contributed by atoms with E-state index < -0.39 is 88.7 Å². The second-order valence-electron chi connectivity index (χ2n) is 10.6. The molecule has 0 saturated carbocycles. The summed E-state index contributed by atoms with van der Waals surface area (Å²) in [4.78, 5) is 26.0. The second kappa shape index (κ2) is 13.3. The van der Waals surface area contributed by atoms with Crippen LogP contribution < -0.4 is 10.1 Å². The Bertz CT molecular complexity index is 1450. The number of aromatic nitrogens is 3. The minimum atomic E-state index is -3.20. The molecule has 2 aliphatic rings. The maximum Gasteiger partial charge on any atom is 0.377 e. The molecule has 0 radical (unpaired) electrons. The number of carboxylic acids is 1. The van der Waals surface area contributed by atoms with E-state index in [4.69, 9.17) is 9.47 Å². The zero-order valence-electron chi connectivity index (χ0n) is 23.4. The molecule has 244 valence electrons. The van der Waals surface area contributed by atoms with Crippen molar-refractivity contribution in [3.05, 3.63) is 35.7 Å². The number of alkyl halides is 2. The van der Waals surface area contributed by atoms with Gasteiger partial charge in [0.15, 0.2) is 9.84 Å². The van der Waals surface area contributed by atoms with Crippen LogP contribution in [-0.2, 0) is 30.7 Å². The van der Waals surface area contributed by atoms with Gasteiger partial charge in [0.05, 0.1) is 59.8 Å². The average molecular weight is 650 g/mol. The van der Waals surface area contributed by atoms with Gasteiger partial charge in [-0.15, -0.1) is 5.10 Å². The van der Waals surface area contributed by atoms with Crippen molar-refractivity contribution >= 4 is 21.7 Å². The van der Waals surface area contributed by atoms with Gasteiger partial charge in [0.25, 0.3) is 6.43 Å². The molecule has 4 rings (SSSR count). The molecule has 2 saturated heterocycles. The number of halogens is 2. The minimum absolute atomic E-state index is 0.00848. The highest BCUT2D eigenvalue weighted by atomic mass is 32.2. The molecule has 2 aliphatic heterocycles. The molecule has 1 aromatic carbocycles. The van der Waals surface area contributed by atoms with Crippen LogP contribution in [0.25, 0.3) is 5.69 Å². The number of sulfone groups is 1. The third kappa shape index (κ3) is 7.48. The lowest BCUT2D eigenvalue weighted by molar-refractivity contribution is -0.284. The summed E-state index contributed by atoms with van der Waals surface area (Å²) in [6, 6.07) is 1.82. The van der Waals surface area contributed by atoms with Crippen molar-refractivity contribution in [2.45, 2.75) is 62.6 Å². The van der Waals surface area contributed by atoms with Crippen LogP contribution >= 0.6 is 0 Å². The van der Waals surface area contributed by atoms with E-state index in [-0.39, 0.29) is 23.7 Å². The zero-order chi connectivity index (χ0) is 32.4. The summed E-state index contributed by atoms with van der Waals surface area (Å²) < 4.78 is 64.0. The highest BCUT2D eigenvalue weighted by Crippen LogP contribution is 2.39.